The summed E-state index contributed by atoms with van der Waals surface area (Å²) in [7, 11) is 0. The van der Waals surface area contributed by atoms with Crippen molar-refractivity contribution in [3.63, 3.8) is 0 Å². The van der Waals surface area contributed by atoms with E-state index in [1.807, 2.05) is 0 Å². The second-order valence-corrected chi connectivity index (χ2v) is 14.0. The van der Waals surface area contributed by atoms with E-state index in [0.29, 0.717) is 0 Å². The summed E-state index contributed by atoms with van der Waals surface area (Å²) in [5, 5.41) is 0. The zero-order valence-electron chi connectivity index (χ0n) is 33.6. The first-order valence-corrected chi connectivity index (χ1v) is 20.4. The normalized spacial score (nSPS) is 11.9. The maximum Gasteiger partial charge on any atom is 2.00 e. The van der Waals surface area contributed by atoms with Crippen LogP contribution in [-0.4, -0.2) is 4.70 Å². The summed E-state index contributed by atoms with van der Waals surface area (Å²) in [4.78, 5) is 0. The summed E-state index contributed by atoms with van der Waals surface area (Å²) in [5.74, 6) is 0. The number of benzene rings is 2. The second-order valence-electron chi connectivity index (χ2n) is 14.0. The Morgan fingerprint density at radius 1 is 0.510 bits per heavy atom. The van der Waals surface area contributed by atoms with Crippen molar-refractivity contribution in [1.82, 2.24) is 0 Å². The number of nitrogens with zero attached hydrogens (tertiary/aromatic N) is 2. The fourth-order valence-electron chi connectivity index (χ4n) is 6.66. The average Bonchev–Trinajstić information content (AvgIpc) is 3.44. The number of rotatable bonds is 23. The second kappa shape index (κ2) is 31.0. The number of unbranched alkanes of at least 4 members (excludes halogenated alkanes) is 11. The Kier molecular flexibility index (Phi) is 29.4. The summed E-state index contributed by atoms with van der Waals surface area (Å²) in [6.45, 7) is 24.4. The van der Waals surface area contributed by atoms with Gasteiger partial charge in [-0.15, -0.1) is 0 Å². The van der Waals surface area contributed by atoms with E-state index in [9.17, 15) is 5.53 Å². The first-order valence-electron chi connectivity index (χ1n) is 20.4. The van der Waals surface area contributed by atoms with Gasteiger partial charge in [-0.05, 0) is 111 Å². The average molecular weight is 786 g/mol. The zero-order valence-corrected chi connectivity index (χ0v) is 35.1. The molecule has 0 saturated heterocycles. The molecule has 2 aromatic rings. The van der Waals surface area contributed by atoms with Gasteiger partial charge in [-0.3, -0.25) is 0 Å². The van der Waals surface area contributed by atoms with E-state index in [2.05, 4.69) is 104 Å². The van der Waals surface area contributed by atoms with Gasteiger partial charge in [-0.2, -0.15) is 0 Å². The monoisotopic (exact) mass is 784 g/mol. The predicted molar refractivity (Wildman–Crippen MR) is 224 cm³/mol. The van der Waals surface area contributed by atoms with Crippen LogP contribution >= 0.6 is 0 Å². The number of hydrogen-bond acceptors (Lipinski definition) is 0. The van der Waals surface area contributed by atoms with Gasteiger partial charge in [0.1, 0.15) is 0 Å². The van der Waals surface area contributed by atoms with Crippen LogP contribution in [0.25, 0.3) is 16.9 Å². The molecule has 0 N–H and O–H groups in total. The van der Waals surface area contributed by atoms with Gasteiger partial charge < -0.3 is 5.53 Å². The van der Waals surface area contributed by atoms with Crippen LogP contribution in [-0.2, 0) is 46.1 Å². The Morgan fingerprint density at radius 3 is 1.27 bits per heavy atom. The minimum Gasteiger partial charge on any atom is -0.493 e. The Bertz CT molecular complexity index is 1250. The molecule has 51 heavy (non-hydrogen) atoms. The van der Waals surface area contributed by atoms with Gasteiger partial charge >= 0.3 is 20.4 Å². The molecule has 286 valence electrons. The summed E-state index contributed by atoms with van der Waals surface area (Å²) in [6, 6.07) is 14.3. The number of hydrogen-bond donors (Lipinski definition) is 0. The van der Waals surface area contributed by atoms with Crippen molar-refractivity contribution in [2.75, 3.05) is 0 Å². The summed E-state index contributed by atoms with van der Waals surface area (Å²) in [5.41, 5.74) is 23.4. The van der Waals surface area contributed by atoms with E-state index in [-0.39, 0.29) is 20.4 Å². The van der Waals surface area contributed by atoms with E-state index in [1.165, 1.54) is 154 Å². The van der Waals surface area contributed by atoms with Gasteiger partial charge in [0.05, 0.1) is 0 Å². The van der Waals surface area contributed by atoms with E-state index < -0.39 is 0 Å². The topological polar surface area (TPSA) is 25.3 Å². The van der Waals surface area contributed by atoms with Gasteiger partial charge in [0, 0.05) is 22.8 Å². The molecule has 2 nitrogen and oxygen atoms in total. The van der Waals surface area contributed by atoms with Gasteiger partial charge in [0.2, 0.25) is 11.4 Å². The molecule has 0 aliphatic carbocycles. The first-order chi connectivity index (χ1) is 24.4. The van der Waals surface area contributed by atoms with E-state index in [4.69, 9.17) is 0 Å². The van der Waals surface area contributed by atoms with Crippen molar-refractivity contribution in [3.05, 3.63) is 126 Å². The predicted octanol–water partition coefficient (Wildman–Crippen LogP) is 15.4. The Balaban J connectivity index is 0.00000333. The molecule has 1 aliphatic rings. The maximum absolute atomic E-state index is 12.0. The SMILES string of the molecule is C=C[CH2-].C=C[CH2-].CCCCCCCCC1=C(c2cc(CCCC)cc(CCCC)c2)[N+](=[N-])C(c2cc(CCCCC)cc(CCCCC)c2)=C1.[Pd+2]. The summed E-state index contributed by atoms with van der Waals surface area (Å²) in [6.07, 6.45) is 30.8. The molecular formula is C48H74N2Pd. The van der Waals surface area contributed by atoms with Crippen LogP contribution in [0.4, 0.5) is 0 Å². The van der Waals surface area contributed by atoms with Crippen LogP contribution in [0.2, 0.25) is 0 Å². The van der Waals surface area contributed by atoms with Gasteiger partial charge in [-0.25, -0.2) is 43.9 Å². The molecule has 0 saturated carbocycles. The Hall–Kier alpha value is -2.60. The summed E-state index contributed by atoms with van der Waals surface area (Å²) < 4.78 is 1.57. The van der Waals surface area contributed by atoms with Crippen molar-refractivity contribution >= 4 is 11.4 Å². The third-order valence-corrected chi connectivity index (χ3v) is 9.31. The molecule has 3 rings (SSSR count). The molecule has 0 aromatic heterocycles. The van der Waals surface area contributed by atoms with E-state index in [0.717, 1.165) is 43.5 Å². The molecule has 1 aliphatic heterocycles. The molecule has 0 bridgehead atoms. The number of aryl methyl sites for hydroxylation is 4. The molecule has 2 aromatic carbocycles. The van der Waals surface area contributed by atoms with Crippen molar-refractivity contribution in [2.45, 2.75) is 169 Å². The molecule has 0 fully saturated rings. The van der Waals surface area contributed by atoms with Crippen LogP contribution < -0.4 is 0 Å². The smallest absolute Gasteiger partial charge is 0.493 e. The Morgan fingerprint density at radius 2 is 0.843 bits per heavy atom. The van der Waals surface area contributed by atoms with Gasteiger partial charge in [-0.1, -0.05) is 117 Å². The third-order valence-electron chi connectivity index (χ3n) is 9.31. The third kappa shape index (κ3) is 19.2. The van der Waals surface area contributed by atoms with Crippen molar-refractivity contribution < 1.29 is 25.1 Å². The summed E-state index contributed by atoms with van der Waals surface area (Å²) >= 11 is 0. The molecule has 0 unspecified atom stereocenters. The minimum atomic E-state index is 0. The van der Waals surface area contributed by atoms with Crippen molar-refractivity contribution in [1.29, 1.82) is 0 Å². The Labute approximate surface area is 330 Å². The van der Waals surface area contributed by atoms with Crippen LogP contribution in [0.15, 0.2) is 73.4 Å². The number of allylic oxidation sites excluding steroid dienone is 4. The molecule has 0 atom stereocenters. The molecule has 3 heteroatoms. The molecule has 0 amide bonds. The quantitative estimate of drug-likeness (QED) is 0.0464. The van der Waals surface area contributed by atoms with Gasteiger partial charge in [0.15, 0.2) is 0 Å². The molecule has 0 radical (unpaired) electrons. The standard InChI is InChI=1S/C42H64N2.2C3H5.Pd/c1-6-11-16-17-18-21-26-38-33-41(39-29-36(24-19-12-7-2)28-37(30-39)25-20-13-8-3)44(43)42(38)40-31-34(22-14-9-4)27-35(32-40)23-15-10-5;2*1-3-2;/h27-33H,6-26H2,1-5H3;2*3H,1-2H2;/q;2*-1;+2. The van der Waals surface area contributed by atoms with Crippen molar-refractivity contribution in [2.24, 2.45) is 0 Å². The largest absolute Gasteiger partial charge is 2.00 e. The van der Waals surface area contributed by atoms with Crippen LogP contribution in [0.1, 0.15) is 177 Å². The molecule has 0 spiro atoms. The van der Waals surface area contributed by atoms with Crippen molar-refractivity contribution in [3.8, 4) is 0 Å². The first kappa shape index (κ1) is 48.4. The molecule has 1 heterocycles. The fourth-order valence-corrected chi connectivity index (χ4v) is 6.66. The van der Waals surface area contributed by atoms with Crippen LogP contribution in [0.5, 0.6) is 0 Å². The zero-order chi connectivity index (χ0) is 37.0. The van der Waals surface area contributed by atoms with E-state index >= 15 is 0 Å². The van der Waals surface area contributed by atoms with E-state index in [1.54, 1.807) is 4.70 Å². The van der Waals surface area contributed by atoms with Gasteiger partial charge in [0.25, 0.3) is 0 Å². The molecular weight excluding hydrogens is 711 g/mol. The van der Waals surface area contributed by atoms with Crippen LogP contribution in [0.3, 0.4) is 0 Å². The fraction of sp³-hybridized carbons (Fsp3) is 0.542. The maximum atomic E-state index is 12.0. The van der Waals surface area contributed by atoms with Crippen LogP contribution in [0, 0.1) is 13.8 Å². The minimum absolute atomic E-state index is 0.